The van der Waals surface area contributed by atoms with Crippen molar-refractivity contribution in [1.82, 2.24) is 0 Å². The first-order valence-corrected chi connectivity index (χ1v) is 11.7. The van der Waals surface area contributed by atoms with E-state index in [1.165, 1.54) is 11.8 Å². The first-order valence-electron chi connectivity index (χ1n) is 11.7. The number of anilines is 3. The Bertz CT molecular complexity index is 1390. The van der Waals surface area contributed by atoms with Crippen LogP contribution in [0.4, 0.5) is 17.1 Å². The summed E-state index contributed by atoms with van der Waals surface area (Å²) in [5.74, 6) is -1.36. The Morgan fingerprint density at radius 1 is 1.00 bits per heavy atom. The molecule has 3 aromatic carbocycles. The molecule has 1 aliphatic heterocycles. The molecule has 1 fully saturated rings. The number of hydrogen-bond donors (Lipinski definition) is 2. The quantitative estimate of drug-likeness (QED) is 0.291. The standard InChI is InChI=1S/C29H29N3O5/c1-17-16-20(8-15-24(17)37-5)27(34)25-26(19-6-11-22(12-7-19)31(3)4)32(29(36)28(25)35)23-13-9-21(10-14-23)30-18(2)33/h6-16,26,34H,1-5H3,(H,30,33)/b27-25-. The van der Waals surface area contributed by atoms with Crippen molar-refractivity contribution in [3.05, 3.63) is 89.0 Å². The molecule has 3 aromatic rings. The molecule has 8 nitrogen and oxygen atoms in total. The van der Waals surface area contributed by atoms with Crippen LogP contribution in [0.2, 0.25) is 0 Å². The Hall–Kier alpha value is -4.59. The Morgan fingerprint density at radius 3 is 2.19 bits per heavy atom. The fourth-order valence-corrected chi connectivity index (χ4v) is 4.46. The number of nitrogens with one attached hydrogen (secondary N) is 1. The lowest BCUT2D eigenvalue weighted by Crippen LogP contribution is -2.29. The summed E-state index contributed by atoms with van der Waals surface area (Å²) in [4.78, 5) is 41.5. The molecule has 1 saturated heterocycles. The number of ketones is 1. The minimum Gasteiger partial charge on any atom is -0.507 e. The summed E-state index contributed by atoms with van der Waals surface area (Å²) in [6.07, 6.45) is 0. The molecule has 1 aliphatic rings. The van der Waals surface area contributed by atoms with Crippen molar-refractivity contribution in [1.29, 1.82) is 0 Å². The van der Waals surface area contributed by atoms with Gasteiger partial charge in [-0.1, -0.05) is 12.1 Å². The van der Waals surface area contributed by atoms with Gasteiger partial charge in [0.1, 0.15) is 11.5 Å². The number of benzene rings is 3. The largest absolute Gasteiger partial charge is 0.507 e. The minimum absolute atomic E-state index is 0.00175. The van der Waals surface area contributed by atoms with E-state index >= 15 is 0 Å². The molecule has 1 atom stereocenters. The lowest BCUT2D eigenvalue weighted by Gasteiger charge is -2.26. The van der Waals surface area contributed by atoms with Gasteiger partial charge in [0.2, 0.25) is 5.91 Å². The molecule has 0 saturated carbocycles. The fourth-order valence-electron chi connectivity index (χ4n) is 4.46. The third-order valence-corrected chi connectivity index (χ3v) is 6.30. The first kappa shape index (κ1) is 25.5. The maximum absolute atomic E-state index is 13.4. The summed E-state index contributed by atoms with van der Waals surface area (Å²) in [6.45, 7) is 3.24. The van der Waals surface area contributed by atoms with E-state index in [1.807, 2.05) is 50.2 Å². The van der Waals surface area contributed by atoms with Crippen molar-refractivity contribution >= 4 is 40.4 Å². The predicted octanol–water partition coefficient (Wildman–Crippen LogP) is 4.65. The average molecular weight is 500 g/mol. The van der Waals surface area contributed by atoms with E-state index < -0.39 is 17.7 Å². The molecule has 0 aliphatic carbocycles. The van der Waals surface area contributed by atoms with Gasteiger partial charge >= 0.3 is 0 Å². The SMILES string of the molecule is COc1ccc(/C(O)=C2/C(=O)C(=O)N(c3ccc(NC(C)=O)cc3)C2c2ccc(N(C)C)cc2)cc1C. The molecule has 0 spiro atoms. The monoisotopic (exact) mass is 499 g/mol. The van der Waals surface area contributed by atoms with E-state index in [0.717, 1.165) is 11.3 Å². The van der Waals surface area contributed by atoms with Gasteiger partial charge in [-0.25, -0.2) is 0 Å². The van der Waals surface area contributed by atoms with Crippen LogP contribution < -0.4 is 19.9 Å². The summed E-state index contributed by atoms with van der Waals surface area (Å²) in [7, 11) is 5.40. The normalized spacial score (nSPS) is 16.6. The third kappa shape index (κ3) is 4.91. The topological polar surface area (TPSA) is 99.2 Å². The second kappa shape index (κ2) is 10.2. The highest BCUT2D eigenvalue weighted by Gasteiger charge is 2.47. The maximum Gasteiger partial charge on any atom is 0.300 e. The van der Waals surface area contributed by atoms with Crippen molar-refractivity contribution in [2.24, 2.45) is 0 Å². The van der Waals surface area contributed by atoms with Crippen molar-refractivity contribution < 1.29 is 24.2 Å². The van der Waals surface area contributed by atoms with Crippen LogP contribution in [0.25, 0.3) is 5.76 Å². The summed E-state index contributed by atoms with van der Waals surface area (Å²) < 4.78 is 5.32. The number of carbonyl (C=O) groups excluding carboxylic acids is 3. The number of methoxy groups -OCH3 is 1. The van der Waals surface area contributed by atoms with E-state index in [4.69, 9.17) is 4.74 Å². The number of rotatable bonds is 6. The van der Waals surface area contributed by atoms with Crippen molar-refractivity contribution in [3.63, 3.8) is 0 Å². The molecule has 8 heteroatoms. The van der Waals surface area contributed by atoms with Crippen molar-refractivity contribution in [2.75, 3.05) is 36.3 Å². The van der Waals surface area contributed by atoms with Gasteiger partial charge in [-0.2, -0.15) is 0 Å². The number of ether oxygens (including phenoxy) is 1. The zero-order valence-corrected chi connectivity index (χ0v) is 21.4. The number of Topliss-reactive ketones (excluding diaryl/α,β-unsaturated/α-hetero) is 1. The van der Waals surface area contributed by atoms with Gasteiger partial charge in [-0.3, -0.25) is 19.3 Å². The molecule has 0 bridgehead atoms. The van der Waals surface area contributed by atoms with Gasteiger partial charge in [0, 0.05) is 43.6 Å². The lowest BCUT2D eigenvalue weighted by molar-refractivity contribution is -0.132. The number of aryl methyl sites for hydroxylation is 1. The van der Waals surface area contributed by atoms with Crippen LogP contribution in [-0.4, -0.2) is 43.9 Å². The molecule has 1 unspecified atom stereocenters. The van der Waals surface area contributed by atoms with Crippen LogP contribution in [0.1, 0.15) is 29.7 Å². The van der Waals surface area contributed by atoms with E-state index in [-0.39, 0.29) is 17.2 Å². The summed E-state index contributed by atoms with van der Waals surface area (Å²) in [5.41, 5.74) is 3.83. The number of aliphatic hydroxyl groups excluding tert-OH is 1. The van der Waals surface area contributed by atoms with Gasteiger partial charge in [0.25, 0.3) is 11.7 Å². The van der Waals surface area contributed by atoms with Crippen LogP contribution in [-0.2, 0) is 14.4 Å². The predicted molar refractivity (Wildman–Crippen MR) is 144 cm³/mol. The van der Waals surface area contributed by atoms with Crippen LogP contribution in [0, 0.1) is 6.92 Å². The molecule has 2 N–H and O–H groups in total. The molecule has 0 radical (unpaired) electrons. The molecule has 1 heterocycles. The number of nitrogens with zero attached hydrogens (tertiary/aromatic N) is 2. The average Bonchev–Trinajstić information content (AvgIpc) is 3.14. The number of hydrogen-bond acceptors (Lipinski definition) is 6. The van der Waals surface area contributed by atoms with Gasteiger partial charge < -0.3 is 20.1 Å². The van der Waals surface area contributed by atoms with Gasteiger partial charge in [0.15, 0.2) is 0 Å². The second-order valence-corrected chi connectivity index (χ2v) is 9.07. The minimum atomic E-state index is -0.856. The van der Waals surface area contributed by atoms with E-state index in [9.17, 15) is 19.5 Å². The zero-order chi connectivity index (χ0) is 26.9. The summed E-state index contributed by atoms with van der Waals surface area (Å²) in [6, 6.07) is 18.4. The first-order chi connectivity index (χ1) is 17.6. The Balaban J connectivity index is 1.88. The van der Waals surface area contributed by atoms with Gasteiger partial charge in [0.05, 0.1) is 18.7 Å². The van der Waals surface area contributed by atoms with Gasteiger partial charge in [-0.15, -0.1) is 0 Å². The molecular weight excluding hydrogens is 470 g/mol. The molecule has 0 aromatic heterocycles. The van der Waals surface area contributed by atoms with Gasteiger partial charge in [-0.05, 0) is 72.6 Å². The highest BCUT2D eigenvalue weighted by Crippen LogP contribution is 2.43. The third-order valence-electron chi connectivity index (χ3n) is 6.30. The number of carbonyl (C=O) groups is 3. The molecule has 37 heavy (non-hydrogen) atoms. The second-order valence-electron chi connectivity index (χ2n) is 9.07. The Labute approximate surface area is 215 Å². The molecule has 2 amide bonds. The lowest BCUT2D eigenvalue weighted by atomic mass is 9.94. The highest BCUT2D eigenvalue weighted by atomic mass is 16.5. The van der Waals surface area contributed by atoms with E-state index in [1.54, 1.807) is 49.6 Å². The van der Waals surface area contributed by atoms with Crippen LogP contribution in [0.3, 0.4) is 0 Å². The summed E-state index contributed by atoms with van der Waals surface area (Å²) in [5, 5.41) is 14.1. The number of aliphatic hydroxyl groups is 1. The van der Waals surface area contributed by atoms with Crippen LogP contribution in [0.5, 0.6) is 5.75 Å². The zero-order valence-electron chi connectivity index (χ0n) is 21.4. The Morgan fingerprint density at radius 2 is 1.65 bits per heavy atom. The van der Waals surface area contributed by atoms with Crippen molar-refractivity contribution in [2.45, 2.75) is 19.9 Å². The van der Waals surface area contributed by atoms with Crippen LogP contribution in [0.15, 0.2) is 72.3 Å². The molecular formula is C29H29N3O5. The highest BCUT2D eigenvalue weighted by molar-refractivity contribution is 6.51. The fraction of sp³-hybridized carbons (Fsp3) is 0.207. The maximum atomic E-state index is 13.4. The van der Waals surface area contributed by atoms with Crippen LogP contribution >= 0.6 is 0 Å². The van der Waals surface area contributed by atoms with E-state index in [0.29, 0.717) is 28.3 Å². The summed E-state index contributed by atoms with van der Waals surface area (Å²) >= 11 is 0. The van der Waals surface area contributed by atoms with Crippen molar-refractivity contribution in [3.8, 4) is 5.75 Å². The molecule has 4 rings (SSSR count). The number of amides is 2. The van der Waals surface area contributed by atoms with E-state index in [2.05, 4.69) is 5.32 Å². The smallest absolute Gasteiger partial charge is 0.300 e. The Kier molecular flexibility index (Phi) is 7.02. The molecule has 190 valence electrons.